The van der Waals surface area contributed by atoms with E-state index in [0.717, 1.165) is 17.8 Å². The van der Waals surface area contributed by atoms with Gasteiger partial charge >= 0.3 is 5.97 Å². The predicted octanol–water partition coefficient (Wildman–Crippen LogP) is 2.59. The number of ether oxygens (including phenoxy) is 1. The Morgan fingerprint density at radius 1 is 1.19 bits per heavy atom. The standard InChI is InChI=1S/C17H13N3O4S2/c1-24-14(21)10-13-16(23)20(11-6-3-2-4-7-11)17(26-13)19-18-15(22)12-8-5-9-25-12/h2-10H,1H3,(H,18,22)/b13-10-,19-17-. The Kier molecular flexibility index (Phi) is 5.49. The van der Waals surface area contributed by atoms with Gasteiger partial charge in [0.25, 0.3) is 11.8 Å². The largest absolute Gasteiger partial charge is 0.466 e. The van der Waals surface area contributed by atoms with Crippen molar-refractivity contribution in [2.45, 2.75) is 0 Å². The summed E-state index contributed by atoms with van der Waals surface area (Å²) in [5.41, 5.74) is 3.01. The summed E-state index contributed by atoms with van der Waals surface area (Å²) < 4.78 is 4.58. The molecule has 7 nitrogen and oxygen atoms in total. The Morgan fingerprint density at radius 3 is 2.62 bits per heavy atom. The molecule has 9 heteroatoms. The number of carbonyl (C=O) groups excluding carboxylic acids is 3. The Balaban J connectivity index is 1.91. The highest BCUT2D eigenvalue weighted by molar-refractivity contribution is 8.19. The number of nitrogens with zero attached hydrogens (tertiary/aromatic N) is 2. The number of amidine groups is 1. The van der Waals surface area contributed by atoms with Gasteiger partial charge in [0.15, 0.2) is 5.17 Å². The molecule has 1 N–H and O–H groups in total. The van der Waals surface area contributed by atoms with Crippen LogP contribution >= 0.6 is 23.1 Å². The molecule has 132 valence electrons. The maximum atomic E-state index is 12.7. The van der Waals surface area contributed by atoms with E-state index < -0.39 is 11.9 Å². The Bertz CT molecular complexity index is 892. The summed E-state index contributed by atoms with van der Waals surface area (Å²) in [5.74, 6) is -1.44. The van der Waals surface area contributed by atoms with E-state index in [1.165, 1.54) is 23.3 Å². The van der Waals surface area contributed by atoms with Gasteiger partial charge in [-0.2, -0.15) is 0 Å². The number of carbonyl (C=O) groups is 3. The summed E-state index contributed by atoms with van der Waals surface area (Å²) in [6.45, 7) is 0. The molecule has 1 aromatic carbocycles. The van der Waals surface area contributed by atoms with Crippen molar-refractivity contribution >= 4 is 51.7 Å². The average molecular weight is 387 g/mol. The van der Waals surface area contributed by atoms with E-state index in [1.54, 1.807) is 41.8 Å². The van der Waals surface area contributed by atoms with Crippen LogP contribution < -0.4 is 10.3 Å². The molecule has 26 heavy (non-hydrogen) atoms. The molecule has 0 unspecified atom stereocenters. The number of benzene rings is 1. The van der Waals surface area contributed by atoms with Gasteiger partial charge in [-0.1, -0.05) is 24.3 Å². The average Bonchev–Trinajstić information content (AvgIpc) is 3.29. The predicted molar refractivity (Wildman–Crippen MR) is 101 cm³/mol. The van der Waals surface area contributed by atoms with Gasteiger partial charge in [0.1, 0.15) is 0 Å². The number of thiophene rings is 1. The fourth-order valence-electron chi connectivity index (χ4n) is 2.08. The lowest BCUT2D eigenvalue weighted by molar-refractivity contribution is -0.135. The number of methoxy groups -OCH3 is 1. The maximum absolute atomic E-state index is 12.7. The highest BCUT2D eigenvalue weighted by Crippen LogP contribution is 2.34. The first kappa shape index (κ1) is 17.9. The number of nitrogens with one attached hydrogen (secondary N) is 1. The summed E-state index contributed by atoms with van der Waals surface area (Å²) in [4.78, 5) is 38.2. The molecule has 0 bridgehead atoms. The van der Waals surface area contributed by atoms with Gasteiger partial charge in [-0.05, 0) is 35.3 Å². The molecule has 0 spiro atoms. The zero-order valence-corrected chi connectivity index (χ0v) is 15.2. The van der Waals surface area contributed by atoms with Crippen LogP contribution in [0.4, 0.5) is 5.69 Å². The van der Waals surface area contributed by atoms with Crippen LogP contribution in [0.3, 0.4) is 0 Å². The van der Waals surface area contributed by atoms with Crippen LogP contribution in [0.1, 0.15) is 9.67 Å². The summed E-state index contributed by atoms with van der Waals surface area (Å²) in [7, 11) is 1.23. The number of hydrogen-bond donors (Lipinski definition) is 1. The second kappa shape index (κ2) is 7.98. The molecule has 1 aliphatic heterocycles. The van der Waals surface area contributed by atoms with Gasteiger partial charge in [-0.3, -0.25) is 14.5 Å². The lowest BCUT2D eigenvalue weighted by atomic mass is 10.3. The van der Waals surface area contributed by atoms with Crippen molar-refractivity contribution in [1.29, 1.82) is 0 Å². The van der Waals surface area contributed by atoms with E-state index in [-0.39, 0.29) is 16.0 Å². The smallest absolute Gasteiger partial charge is 0.331 e. The van der Waals surface area contributed by atoms with E-state index in [1.807, 2.05) is 6.07 Å². The monoisotopic (exact) mass is 387 g/mol. The van der Waals surface area contributed by atoms with Gasteiger partial charge in [-0.15, -0.1) is 16.4 Å². The van der Waals surface area contributed by atoms with E-state index in [0.29, 0.717) is 10.6 Å². The maximum Gasteiger partial charge on any atom is 0.331 e. The van der Waals surface area contributed by atoms with Crippen molar-refractivity contribution in [1.82, 2.24) is 5.43 Å². The van der Waals surface area contributed by atoms with Crippen LogP contribution in [-0.2, 0) is 14.3 Å². The number of thioether (sulfide) groups is 1. The van der Waals surface area contributed by atoms with Crippen LogP contribution in [0.5, 0.6) is 0 Å². The molecule has 2 aromatic rings. The molecule has 2 heterocycles. The third kappa shape index (κ3) is 3.84. The lowest BCUT2D eigenvalue weighted by Gasteiger charge is -2.15. The van der Waals surface area contributed by atoms with Crippen LogP contribution in [-0.4, -0.2) is 30.1 Å². The molecule has 1 fully saturated rings. The Labute approximate surface area is 157 Å². The number of esters is 1. The number of rotatable bonds is 4. The zero-order valence-electron chi connectivity index (χ0n) is 13.5. The number of para-hydroxylation sites is 1. The quantitative estimate of drug-likeness (QED) is 0.495. The third-order valence-corrected chi connectivity index (χ3v) is 5.11. The minimum Gasteiger partial charge on any atom is -0.466 e. The second-order valence-electron chi connectivity index (χ2n) is 4.92. The number of hydrogen-bond acceptors (Lipinski definition) is 7. The first-order valence-corrected chi connectivity index (χ1v) is 9.08. The molecular weight excluding hydrogens is 374 g/mol. The van der Waals surface area contributed by atoms with Crippen LogP contribution in [0.2, 0.25) is 0 Å². The normalized spacial score (nSPS) is 17.0. The molecule has 1 aromatic heterocycles. The highest BCUT2D eigenvalue weighted by Gasteiger charge is 2.35. The molecule has 3 rings (SSSR count). The Morgan fingerprint density at radius 2 is 1.96 bits per heavy atom. The van der Waals surface area contributed by atoms with Crippen molar-refractivity contribution < 1.29 is 19.1 Å². The van der Waals surface area contributed by atoms with Crippen LogP contribution in [0.25, 0.3) is 0 Å². The number of anilines is 1. The van der Waals surface area contributed by atoms with Crippen molar-refractivity contribution in [2.24, 2.45) is 5.10 Å². The summed E-state index contributed by atoms with van der Waals surface area (Å²) in [6.07, 6.45) is 1.10. The zero-order chi connectivity index (χ0) is 18.5. The fraction of sp³-hybridized carbons (Fsp3) is 0.0588. The molecule has 0 aliphatic carbocycles. The minimum atomic E-state index is -0.641. The topological polar surface area (TPSA) is 88.1 Å². The van der Waals surface area contributed by atoms with Crippen LogP contribution in [0.15, 0.2) is 63.9 Å². The molecule has 2 amide bonds. The molecule has 1 aliphatic rings. The van der Waals surface area contributed by atoms with Gasteiger partial charge < -0.3 is 4.74 Å². The number of amides is 2. The number of hydrazone groups is 1. The van der Waals surface area contributed by atoms with Crippen LogP contribution in [0, 0.1) is 0 Å². The fourth-order valence-corrected chi connectivity index (χ4v) is 3.60. The van der Waals surface area contributed by atoms with E-state index in [4.69, 9.17) is 0 Å². The molecule has 0 atom stereocenters. The van der Waals surface area contributed by atoms with Gasteiger partial charge in [0, 0.05) is 6.08 Å². The SMILES string of the molecule is COC(=O)/C=C1\S/C(=N\NC(=O)c2cccs2)N(c2ccccc2)C1=O. The first-order chi connectivity index (χ1) is 12.6. The minimum absolute atomic E-state index is 0.157. The molecule has 0 saturated carbocycles. The lowest BCUT2D eigenvalue weighted by Crippen LogP contribution is -2.31. The third-order valence-electron chi connectivity index (χ3n) is 3.27. The molecular formula is C17H13N3O4S2. The van der Waals surface area contributed by atoms with Crippen molar-refractivity contribution in [3.05, 3.63) is 63.7 Å². The van der Waals surface area contributed by atoms with E-state index in [9.17, 15) is 14.4 Å². The molecule has 1 saturated heterocycles. The van der Waals surface area contributed by atoms with Crippen molar-refractivity contribution in [3.8, 4) is 0 Å². The summed E-state index contributed by atoms with van der Waals surface area (Å²) in [6, 6.07) is 12.3. The van der Waals surface area contributed by atoms with Crippen molar-refractivity contribution in [3.63, 3.8) is 0 Å². The van der Waals surface area contributed by atoms with Gasteiger partial charge in [0.05, 0.1) is 22.6 Å². The molecule has 0 radical (unpaired) electrons. The highest BCUT2D eigenvalue weighted by atomic mass is 32.2. The van der Waals surface area contributed by atoms with Gasteiger partial charge in [0.2, 0.25) is 0 Å². The van der Waals surface area contributed by atoms with E-state index >= 15 is 0 Å². The van der Waals surface area contributed by atoms with Crippen molar-refractivity contribution in [2.75, 3.05) is 12.0 Å². The van der Waals surface area contributed by atoms with Gasteiger partial charge in [-0.25, -0.2) is 10.2 Å². The second-order valence-corrected chi connectivity index (χ2v) is 6.88. The Hall–Kier alpha value is -2.91. The van der Waals surface area contributed by atoms with E-state index in [2.05, 4.69) is 15.3 Å². The summed E-state index contributed by atoms with van der Waals surface area (Å²) in [5, 5.41) is 6.09. The first-order valence-electron chi connectivity index (χ1n) is 7.38. The summed E-state index contributed by atoms with van der Waals surface area (Å²) >= 11 is 2.26.